The normalized spacial score (nSPS) is 10.5. The number of hydrogen-bond donors (Lipinski definition) is 1. The minimum atomic E-state index is -0.119. The van der Waals surface area contributed by atoms with E-state index >= 15 is 0 Å². The molecule has 0 bridgehead atoms. The van der Waals surface area contributed by atoms with E-state index in [9.17, 15) is 4.79 Å². The van der Waals surface area contributed by atoms with Crippen LogP contribution in [0.15, 0.2) is 24.3 Å². The van der Waals surface area contributed by atoms with Crippen molar-refractivity contribution >= 4 is 17.2 Å². The Labute approximate surface area is 134 Å². The summed E-state index contributed by atoms with van der Waals surface area (Å²) >= 11 is 1.63. The lowest BCUT2D eigenvalue weighted by Crippen LogP contribution is -2.29. The summed E-state index contributed by atoms with van der Waals surface area (Å²) in [5, 5.41) is 9.80. The highest BCUT2D eigenvalue weighted by molar-refractivity contribution is 7.11. The summed E-state index contributed by atoms with van der Waals surface area (Å²) < 4.78 is 5.69. The predicted molar refractivity (Wildman–Crippen MR) is 86.4 cm³/mol. The highest BCUT2D eigenvalue weighted by Crippen LogP contribution is 2.19. The van der Waals surface area contributed by atoms with Gasteiger partial charge in [0.1, 0.15) is 17.4 Å². The van der Waals surface area contributed by atoms with Crippen molar-refractivity contribution in [1.29, 1.82) is 0 Å². The van der Waals surface area contributed by atoms with Crippen LogP contribution in [0.3, 0.4) is 0 Å². The van der Waals surface area contributed by atoms with Crippen LogP contribution in [0.2, 0.25) is 0 Å². The molecule has 0 unspecified atom stereocenters. The summed E-state index contributed by atoms with van der Waals surface area (Å²) in [6.07, 6.45) is 0. The van der Waals surface area contributed by atoms with Crippen molar-refractivity contribution in [3.63, 3.8) is 0 Å². The maximum atomic E-state index is 12.0. The van der Waals surface area contributed by atoms with Crippen molar-refractivity contribution in [2.45, 2.75) is 20.5 Å². The summed E-state index contributed by atoms with van der Waals surface area (Å²) in [7, 11) is 1.66. The van der Waals surface area contributed by atoms with Gasteiger partial charge in [-0.2, -0.15) is 0 Å². The van der Waals surface area contributed by atoms with Gasteiger partial charge in [-0.1, -0.05) is 0 Å². The van der Waals surface area contributed by atoms with Crippen LogP contribution >= 0.6 is 11.3 Å². The van der Waals surface area contributed by atoms with Crippen molar-refractivity contribution in [1.82, 2.24) is 9.88 Å². The molecule has 118 valence electrons. The molecular formula is C16H20N2O3S. The number of aliphatic hydroxyl groups is 1. The van der Waals surface area contributed by atoms with E-state index in [4.69, 9.17) is 9.84 Å². The Morgan fingerprint density at radius 3 is 2.55 bits per heavy atom. The van der Waals surface area contributed by atoms with E-state index in [0.29, 0.717) is 24.5 Å². The van der Waals surface area contributed by atoms with Crippen LogP contribution in [0.1, 0.15) is 25.9 Å². The van der Waals surface area contributed by atoms with E-state index in [0.717, 1.165) is 10.7 Å². The molecule has 0 saturated carbocycles. The molecule has 1 amide bonds. The summed E-state index contributed by atoms with van der Waals surface area (Å²) in [5.41, 5.74) is 1.61. The lowest BCUT2D eigenvalue weighted by atomic mass is 10.2. The van der Waals surface area contributed by atoms with Crippen LogP contribution in [0.25, 0.3) is 0 Å². The molecule has 0 saturated heterocycles. The van der Waals surface area contributed by atoms with Crippen LogP contribution in [0.4, 0.5) is 0 Å². The third kappa shape index (κ3) is 4.05. The minimum absolute atomic E-state index is 0.0456. The quantitative estimate of drug-likeness (QED) is 0.888. The zero-order valence-corrected chi connectivity index (χ0v) is 13.8. The van der Waals surface area contributed by atoms with Gasteiger partial charge in [0.05, 0.1) is 12.3 Å². The second kappa shape index (κ2) is 7.38. The lowest BCUT2D eigenvalue weighted by Gasteiger charge is -2.15. The fourth-order valence-corrected chi connectivity index (χ4v) is 2.76. The number of carbonyl (C=O) groups excluding carboxylic acids is 1. The molecule has 0 atom stereocenters. The lowest BCUT2D eigenvalue weighted by molar-refractivity contribution is 0.0767. The van der Waals surface area contributed by atoms with E-state index < -0.39 is 0 Å². The second-order valence-electron chi connectivity index (χ2n) is 5.01. The molecule has 6 heteroatoms. The van der Waals surface area contributed by atoms with E-state index in [1.54, 1.807) is 42.6 Å². The number of hydrogen-bond acceptors (Lipinski definition) is 5. The number of aromatic nitrogens is 1. The molecule has 2 rings (SSSR count). The zero-order chi connectivity index (χ0) is 16.1. The minimum Gasteiger partial charge on any atom is -0.486 e. The van der Waals surface area contributed by atoms with E-state index in [1.165, 1.54) is 9.78 Å². The summed E-state index contributed by atoms with van der Waals surface area (Å²) in [6, 6.07) is 6.99. The van der Waals surface area contributed by atoms with Gasteiger partial charge in [-0.25, -0.2) is 4.98 Å². The Kier molecular flexibility index (Phi) is 5.51. The van der Waals surface area contributed by atoms with Gasteiger partial charge in [0.2, 0.25) is 0 Å². The molecule has 1 aromatic heterocycles. The molecular weight excluding hydrogens is 300 g/mol. The monoisotopic (exact) mass is 320 g/mol. The highest BCUT2D eigenvalue weighted by atomic mass is 32.1. The Bertz CT molecular complexity index is 618. The molecule has 1 aromatic carbocycles. The molecule has 1 N–H and O–H groups in total. The van der Waals surface area contributed by atoms with E-state index in [2.05, 4.69) is 4.98 Å². The topological polar surface area (TPSA) is 62.7 Å². The average molecular weight is 320 g/mol. The van der Waals surface area contributed by atoms with Gasteiger partial charge in [0.25, 0.3) is 5.91 Å². The maximum absolute atomic E-state index is 12.0. The summed E-state index contributed by atoms with van der Waals surface area (Å²) in [6.45, 7) is 4.73. The fraction of sp³-hybridized carbons (Fsp3) is 0.375. The van der Waals surface area contributed by atoms with E-state index in [-0.39, 0.29) is 12.5 Å². The van der Waals surface area contributed by atoms with Crippen molar-refractivity contribution in [3.8, 4) is 5.75 Å². The van der Waals surface area contributed by atoms with Gasteiger partial charge in [-0.05, 0) is 38.1 Å². The molecule has 22 heavy (non-hydrogen) atoms. The molecule has 0 spiro atoms. The van der Waals surface area contributed by atoms with Gasteiger partial charge in [-0.15, -0.1) is 11.3 Å². The number of benzene rings is 1. The van der Waals surface area contributed by atoms with E-state index in [1.807, 2.05) is 13.8 Å². The molecule has 0 radical (unpaired) electrons. The van der Waals surface area contributed by atoms with Crippen LogP contribution in [-0.2, 0) is 6.61 Å². The summed E-state index contributed by atoms with van der Waals surface area (Å²) in [4.78, 5) is 19.1. The molecule has 1 heterocycles. The third-order valence-corrected chi connectivity index (χ3v) is 4.36. The molecule has 5 nitrogen and oxygen atoms in total. The highest BCUT2D eigenvalue weighted by Gasteiger charge is 2.11. The smallest absolute Gasteiger partial charge is 0.253 e. The Balaban J connectivity index is 1.95. The summed E-state index contributed by atoms with van der Waals surface area (Å²) in [5.74, 6) is 0.582. The molecule has 2 aromatic rings. The average Bonchev–Trinajstić information content (AvgIpc) is 2.84. The number of aliphatic hydroxyl groups excluding tert-OH is 1. The number of likely N-dealkylation sites (N-methyl/N-ethyl adjacent to an activating group) is 1. The second-order valence-corrected chi connectivity index (χ2v) is 6.30. The maximum Gasteiger partial charge on any atom is 0.253 e. The first kappa shape index (κ1) is 16.5. The number of rotatable bonds is 6. The number of ether oxygens (including phenoxy) is 1. The number of carbonyl (C=O) groups is 1. The van der Waals surface area contributed by atoms with Crippen LogP contribution in [0, 0.1) is 13.8 Å². The number of amides is 1. The standard InChI is InChI=1S/C16H20N2O3S/c1-11-12(2)22-15(17-11)10-21-14-6-4-13(5-7-14)16(20)18(3)8-9-19/h4-7,19H,8-10H2,1-3H3. The van der Waals surface area contributed by atoms with Crippen LogP contribution in [-0.4, -0.2) is 41.1 Å². The van der Waals surface area contributed by atoms with Crippen molar-refractivity contribution in [3.05, 3.63) is 45.4 Å². The van der Waals surface area contributed by atoms with Crippen molar-refractivity contribution in [2.24, 2.45) is 0 Å². The van der Waals surface area contributed by atoms with Gasteiger partial charge < -0.3 is 14.7 Å². The first-order chi connectivity index (χ1) is 10.5. The number of nitrogens with zero attached hydrogens (tertiary/aromatic N) is 2. The third-order valence-electron chi connectivity index (χ3n) is 3.32. The van der Waals surface area contributed by atoms with Gasteiger partial charge in [-0.3, -0.25) is 4.79 Å². The van der Waals surface area contributed by atoms with Crippen molar-refractivity contribution < 1.29 is 14.6 Å². The van der Waals surface area contributed by atoms with Crippen LogP contribution in [0.5, 0.6) is 5.75 Å². The molecule has 0 aliphatic carbocycles. The molecule has 0 aliphatic rings. The Morgan fingerprint density at radius 1 is 1.32 bits per heavy atom. The largest absolute Gasteiger partial charge is 0.486 e. The number of thiazole rings is 1. The molecule has 0 fully saturated rings. The first-order valence-corrected chi connectivity index (χ1v) is 7.85. The zero-order valence-electron chi connectivity index (χ0n) is 13.0. The first-order valence-electron chi connectivity index (χ1n) is 7.03. The SMILES string of the molecule is Cc1nc(COc2ccc(C(=O)N(C)CCO)cc2)sc1C. The van der Waals surface area contributed by atoms with Crippen molar-refractivity contribution in [2.75, 3.05) is 20.2 Å². The van der Waals surface area contributed by atoms with Gasteiger partial charge in [0.15, 0.2) is 0 Å². The number of aryl methyl sites for hydroxylation is 2. The van der Waals surface area contributed by atoms with Gasteiger partial charge >= 0.3 is 0 Å². The Hall–Kier alpha value is -1.92. The predicted octanol–water partition coefficient (Wildman–Crippen LogP) is 2.40. The molecule has 0 aliphatic heterocycles. The fourth-order valence-electron chi connectivity index (χ4n) is 1.91. The van der Waals surface area contributed by atoms with Gasteiger partial charge in [0, 0.05) is 24.0 Å². The Morgan fingerprint density at radius 2 is 2.00 bits per heavy atom. The van der Waals surface area contributed by atoms with Crippen LogP contribution < -0.4 is 4.74 Å².